The summed E-state index contributed by atoms with van der Waals surface area (Å²) in [5.41, 5.74) is 0.952. The van der Waals surface area contributed by atoms with E-state index in [9.17, 15) is 20.4 Å². The Labute approximate surface area is 121 Å². The van der Waals surface area contributed by atoms with Gasteiger partial charge in [0.2, 0.25) is 0 Å². The molecule has 0 aromatic heterocycles. The summed E-state index contributed by atoms with van der Waals surface area (Å²) in [6, 6.07) is 6.78. The maximum Gasteiger partial charge on any atom is 0.114 e. The first kappa shape index (κ1) is 15.2. The van der Waals surface area contributed by atoms with Crippen LogP contribution < -0.4 is 0 Å². The summed E-state index contributed by atoms with van der Waals surface area (Å²) < 4.78 is 5.47. The van der Waals surface area contributed by atoms with E-state index in [0.29, 0.717) is 11.3 Å². The number of thiocarbonyl (C=S) groups is 1. The van der Waals surface area contributed by atoms with Crippen molar-refractivity contribution in [2.45, 2.75) is 30.5 Å². The molecule has 1 aliphatic rings. The average molecular weight is 297 g/mol. The van der Waals surface area contributed by atoms with E-state index in [-0.39, 0.29) is 0 Å². The first-order valence-electron chi connectivity index (χ1n) is 6.07. The molecule has 2 rings (SSSR count). The van der Waals surface area contributed by atoms with Crippen LogP contribution in [0, 0.1) is 0 Å². The molecule has 1 aromatic rings. The molecule has 1 saturated heterocycles. The van der Waals surface area contributed by atoms with Gasteiger partial charge in [-0.1, -0.05) is 18.2 Å². The Balaban J connectivity index is 2.38. The number of nitrogens with zero attached hydrogens (tertiary/aromatic N) is 1. The third kappa shape index (κ3) is 2.79. The highest BCUT2D eigenvalue weighted by molar-refractivity contribution is 7.78. The van der Waals surface area contributed by atoms with Crippen LogP contribution in [0.1, 0.15) is 11.7 Å². The molecular weight excluding hydrogens is 282 g/mol. The molecule has 0 aliphatic carbocycles. The number of hydrogen-bond donors (Lipinski definition) is 4. The van der Waals surface area contributed by atoms with Gasteiger partial charge in [0, 0.05) is 5.56 Å². The molecule has 1 fully saturated rings. The fraction of sp³-hybridized carbons (Fsp3) is 0.462. The molecule has 0 amide bonds. The number of isothiocyanates is 1. The van der Waals surface area contributed by atoms with Crippen LogP contribution in [0.15, 0.2) is 29.3 Å². The molecule has 0 saturated carbocycles. The van der Waals surface area contributed by atoms with Crippen molar-refractivity contribution >= 4 is 23.1 Å². The minimum absolute atomic E-state index is 0.451. The van der Waals surface area contributed by atoms with E-state index in [1.807, 2.05) is 0 Å². The normalized spacial score (nSPS) is 33.5. The van der Waals surface area contributed by atoms with Gasteiger partial charge in [-0.25, -0.2) is 0 Å². The number of aliphatic hydroxyl groups is 4. The maximum absolute atomic E-state index is 10.1. The third-order valence-corrected chi connectivity index (χ3v) is 3.39. The zero-order chi connectivity index (χ0) is 14.7. The quantitative estimate of drug-likeness (QED) is 0.460. The summed E-state index contributed by atoms with van der Waals surface area (Å²) in [5, 5.41) is 41.0. The van der Waals surface area contributed by atoms with Gasteiger partial charge in [0.05, 0.1) is 17.5 Å². The lowest BCUT2D eigenvalue weighted by molar-refractivity contribution is -0.231. The van der Waals surface area contributed by atoms with Gasteiger partial charge in [0.25, 0.3) is 0 Å². The second-order valence-electron chi connectivity index (χ2n) is 4.51. The smallest absolute Gasteiger partial charge is 0.114 e. The second kappa shape index (κ2) is 6.51. The Bertz CT molecular complexity index is 517. The number of para-hydroxylation sites is 1. The summed E-state index contributed by atoms with van der Waals surface area (Å²) >= 11 is 4.56. The van der Waals surface area contributed by atoms with Gasteiger partial charge in [-0.05, 0) is 18.3 Å². The molecule has 6 nitrogen and oxygen atoms in total. The zero-order valence-corrected chi connectivity index (χ0v) is 11.3. The Morgan fingerprint density at radius 3 is 2.50 bits per heavy atom. The van der Waals surface area contributed by atoms with Crippen molar-refractivity contribution in [2.75, 3.05) is 6.61 Å². The highest BCUT2D eigenvalue weighted by atomic mass is 32.1. The Morgan fingerprint density at radius 2 is 1.85 bits per heavy atom. The molecule has 108 valence electrons. The first-order valence-corrected chi connectivity index (χ1v) is 6.48. The van der Waals surface area contributed by atoms with Crippen LogP contribution in [0.5, 0.6) is 0 Å². The molecule has 1 aliphatic heterocycles. The van der Waals surface area contributed by atoms with Crippen LogP contribution in [-0.2, 0) is 4.74 Å². The number of ether oxygens (including phenoxy) is 1. The van der Waals surface area contributed by atoms with E-state index in [1.165, 1.54) is 0 Å². The number of aliphatic hydroxyl groups excluding tert-OH is 4. The van der Waals surface area contributed by atoms with Crippen LogP contribution in [0.2, 0.25) is 0 Å². The summed E-state index contributed by atoms with van der Waals surface area (Å²) in [6.45, 7) is -0.472. The van der Waals surface area contributed by atoms with Crippen molar-refractivity contribution in [3.8, 4) is 0 Å². The van der Waals surface area contributed by atoms with Gasteiger partial charge in [0.1, 0.15) is 30.5 Å². The highest BCUT2D eigenvalue weighted by Gasteiger charge is 2.44. The monoisotopic (exact) mass is 297 g/mol. The highest BCUT2D eigenvalue weighted by Crippen LogP contribution is 2.36. The van der Waals surface area contributed by atoms with Crippen LogP contribution in [0.4, 0.5) is 5.69 Å². The van der Waals surface area contributed by atoms with Gasteiger partial charge in [-0.2, -0.15) is 4.99 Å². The van der Waals surface area contributed by atoms with Crippen molar-refractivity contribution in [1.29, 1.82) is 0 Å². The zero-order valence-electron chi connectivity index (χ0n) is 10.5. The summed E-state index contributed by atoms with van der Waals surface area (Å²) in [4.78, 5) is 3.88. The largest absolute Gasteiger partial charge is 0.394 e. The van der Waals surface area contributed by atoms with Crippen molar-refractivity contribution < 1.29 is 25.2 Å². The van der Waals surface area contributed by atoms with Gasteiger partial charge in [-0.3, -0.25) is 0 Å². The Hall–Kier alpha value is -1.18. The molecule has 0 radical (unpaired) electrons. The fourth-order valence-corrected chi connectivity index (χ4v) is 2.34. The van der Waals surface area contributed by atoms with Gasteiger partial charge in [0.15, 0.2) is 0 Å². The third-order valence-electron chi connectivity index (χ3n) is 3.30. The summed E-state index contributed by atoms with van der Waals surface area (Å²) in [5.74, 6) is 0. The lowest BCUT2D eigenvalue weighted by atomic mass is 9.90. The van der Waals surface area contributed by atoms with Crippen LogP contribution in [0.25, 0.3) is 0 Å². The predicted octanol–water partition coefficient (Wildman–Crippen LogP) is -0.0642. The van der Waals surface area contributed by atoms with Crippen LogP contribution in [0.3, 0.4) is 0 Å². The van der Waals surface area contributed by atoms with E-state index < -0.39 is 37.1 Å². The maximum atomic E-state index is 10.1. The van der Waals surface area contributed by atoms with Crippen molar-refractivity contribution in [1.82, 2.24) is 0 Å². The average Bonchev–Trinajstić information content (AvgIpc) is 2.47. The van der Waals surface area contributed by atoms with E-state index in [2.05, 4.69) is 22.4 Å². The van der Waals surface area contributed by atoms with Crippen molar-refractivity contribution in [2.24, 2.45) is 4.99 Å². The molecular formula is C13H15NO5S. The molecule has 0 spiro atoms. The SMILES string of the molecule is OC[C@H]1O[C@H](c2ccccc2N=C=S)[C@@H](O)[C@@H](O)[C@@H]1O. The standard InChI is InChI=1S/C13H15NO5S/c15-5-9-10(16)11(17)12(18)13(19-9)7-3-1-2-4-8(7)14-6-20/h1-4,9-13,15-18H,5H2/t9-,10-,11+,12+,13-/m1/s1. The summed E-state index contributed by atoms with van der Waals surface area (Å²) in [7, 11) is 0. The lowest BCUT2D eigenvalue weighted by Gasteiger charge is -2.40. The number of benzene rings is 1. The molecule has 20 heavy (non-hydrogen) atoms. The van der Waals surface area contributed by atoms with E-state index >= 15 is 0 Å². The molecule has 0 unspecified atom stereocenters. The van der Waals surface area contributed by atoms with E-state index in [1.54, 1.807) is 24.3 Å². The van der Waals surface area contributed by atoms with Crippen LogP contribution >= 0.6 is 12.2 Å². The molecule has 1 aromatic carbocycles. The van der Waals surface area contributed by atoms with Gasteiger partial charge < -0.3 is 25.2 Å². The van der Waals surface area contributed by atoms with Gasteiger partial charge >= 0.3 is 0 Å². The Kier molecular flexibility index (Phi) is 4.95. The van der Waals surface area contributed by atoms with E-state index in [4.69, 9.17) is 4.74 Å². The van der Waals surface area contributed by atoms with Crippen LogP contribution in [-0.4, -0.2) is 56.6 Å². The van der Waals surface area contributed by atoms with Gasteiger partial charge in [-0.15, -0.1) is 0 Å². The lowest BCUT2D eigenvalue weighted by Crippen LogP contribution is -2.55. The topological polar surface area (TPSA) is 103 Å². The molecule has 7 heteroatoms. The fourth-order valence-electron chi connectivity index (χ4n) is 2.24. The second-order valence-corrected chi connectivity index (χ2v) is 4.69. The van der Waals surface area contributed by atoms with E-state index in [0.717, 1.165) is 0 Å². The molecule has 5 atom stereocenters. The first-order chi connectivity index (χ1) is 9.60. The molecule has 0 bridgehead atoms. The summed E-state index contributed by atoms with van der Waals surface area (Å²) in [6.07, 6.45) is -6.02. The number of hydrogen-bond acceptors (Lipinski definition) is 7. The van der Waals surface area contributed by atoms with Crippen molar-refractivity contribution in [3.63, 3.8) is 0 Å². The minimum atomic E-state index is -1.42. The predicted molar refractivity (Wildman–Crippen MR) is 73.8 cm³/mol. The molecule has 4 N–H and O–H groups in total. The van der Waals surface area contributed by atoms with Crippen molar-refractivity contribution in [3.05, 3.63) is 29.8 Å². The minimum Gasteiger partial charge on any atom is -0.394 e. The Morgan fingerprint density at radius 1 is 1.15 bits per heavy atom. The molecule has 1 heterocycles. The number of rotatable bonds is 3. The number of aliphatic imine (C=N–C) groups is 1.